The summed E-state index contributed by atoms with van der Waals surface area (Å²) in [5, 5.41) is 7.11. The zero-order valence-electron chi connectivity index (χ0n) is 16.8. The number of nitrogens with one attached hydrogen (secondary N) is 3. The molecule has 0 bridgehead atoms. The van der Waals surface area contributed by atoms with Gasteiger partial charge < -0.3 is 15.4 Å². The summed E-state index contributed by atoms with van der Waals surface area (Å²) in [6.07, 6.45) is 6.04. The van der Waals surface area contributed by atoms with E-state index in [2.05, 4.69) is 31.3 Å². The Hall–Kier alpha value is -1.84. The lowest BCUT2D eigenvalue weighted by Gasteiger charge is -2.24. The van der Waals surface area contributed by atoms with E-state index in [4.69, 9.17) is 17.0 Å². The SMILES string of the molecule is CCOc1ccc(Br)cc1S(=O)(=O)Nc1ccc(NC(=S)NC2CCCCC2)cc1. The molecule has 3 rings (SSSR count). The third-order valence-electron chi connectivity index (χ3n) is 4.83. The first-order chi connectivity index (χ1) is 14.4. The molecule has 0 aliphatic heterocycles. The maximum Gasteiger partial charge on any atom is 0.265 e. The summed E-state index contributed by atoms with van der Waals surface area (Å²) in [5.74, 6) is 0.311. The van der Waals surface area contributed by atoms with Crippen LogP contribution in [0.5, 0.6) is 5.75 Å². The maximum absolute atomic E-state index is 12.9. The first-order valence-corrected chi connectivity index (χ1v) is 12.7. The maximum atomic E-state index is 12.9. The molecule has 0 spiro atoms. The average molecular weight is 512 g/mol. The third kappa shape index (κ3) is 6.33. The Kier molecular flexibility index (Phi) is 7.96. The Morgan fingerprint density at radius 3 is 2.43 bits per heavy atom. The molecule has 6 nitrogen and oxygen atoms in total. The molecule has 2 aromatic rings. The summed E-state index contributed by atoms with van der Waals surface area (Å²) in [5.41, 5.74) is 1.25. The number of anilines is 2. The Morgan fingerprint density at radius 2 is 1.77 bits per heavy atom. The minimum Gasteiger partial charge on any atom is -0.492 e. The fourth-order valence-corrected chi connectivity index (χ4v) is 5.43. The molecule has 0 heterocycles. The van der Waals surface area contributed by atoms with Gasteiger partial charge in [0.25, 0.3) is 10.0 Å². The van der Waals surface area contributed by atoms with Crippen LogP contribution in [0.4, 0.5) is 11.4 Å². The van der Waals surface area contributed by atoms with Gasteiger partial charge in [-0.25, -0.2) is 8.42 Å². The van der Waals surface area contributed by atoms with Crippen molar-refractivity contribution in [1.82, 2.24) is 5.32 Å². The lowest BCUT2D eigenvalue weighted by Crippen LogP contribution is -2.38. The monoisotopic (exact) mass is 511 g/mol. The van der Waals surface area contributed by atoms with E-state index in [0.29, 0.717) is 33.7 Å². The largest absolute Gasteiger partial charge is 0.492 e. The topological polar surface area (TPSA) is 79.5 Å². The molecule has 0 saturated heterocycles. The highest BCUT2D eigenvalue weighted by Gasteiger charge is 2.20. The van der Waals surface area contributed by atoms with Gasteiger partial charge in [0.15, 0.2) is 5.11 Å². The Bertz CT molecular complexity index is 975. The standard InChI is InChI=1S/C21H26BrN3O3S2/c1-2-28-19-13-8-15(22)14-20(19)30(26,27)25-18-11-9-17(10-12-18)24-21(29)23-16-6-4-3-5-7-16/h8-14,16,25H,2-7H2,1H3,(H2,23,24,29). The van der Waals surface area contributed by atoms with Gasteiger partial charge in [0.05, 0.1) is 6.61 Å². The predicted octanol–water partition coefficient (Wildman–Crippen LogP) is 5.27. The van der Waals surface area contributed by atoms with Gasteiger partial charge in [-0.3, -0.25) is 4.72 Å². The number of hydrogen-bond donors (Lipinski definition) is 3. The molecular formula is C21H26BrN3O3S2. The molecule has 2 aromatic carbocycles. The van der Waals surface area contributed by atoms with Crippen LogP contribution in [0.1, 0.15) is 39.0 Å². The quantitative estimate of drug-likeness (QED) is 0.439. The Balaban J connectivity index is 1.65. The third-order valence-corrected chi connectivity index (χ3v) is 6.95. The highest BCUT2D eigenvalue weighted by Crippen LogP contribution is 2.29. The van der Waals surface area contributed by atoms with Crippen LogP contribution in [0.15, 0.2) is 51.8 Å². The fourth-order valence-electron chi connectivity index (χ4n) is 3.40. The van der Waals surface area contributed by atoms with Gasteiger partial charge in [0.1, 0.15) is 10.6 Å². The van der Waals surface area contributed by atoms with Crippen molar-refractivity contribution in [3.8, 4) is 5.75 Å². The molecule has 1 aliphatic rings. The van der Waals surface area contributed by atoms with Crippen LogP contribution in [0.3, 0.4) is 0 Å². The summed E-state index contributed by atoms with van der Waals surface area (Å²) in [7, 11) is -3.81. The number of sulfonamides is 1. The number of thiocarbonyl (C=S) groups is 1. The lowest BCUT2D eigenvalue weighted by atomic mass is 9.96. The molecule has 162 valence electrons. The van der Waals surface area contributed by atoms with Crippen LogP contribution >= 0.6 is 28.1 Å². The van der Waals surface area contributed by atoms with E-state index >= 15 is 0 Å². The predicted molar refractivity (Wildman–Crippen MR) is 129 cm³/mol. The number of ether oxygens (including phenoxy) is 1. The van der Waals surface area contributed by atoms with Crippen LogP contribution in [-0.2, 0) is 10.0 Å². The zero-order valence-corrected chi connectivity index (χ0v) is 20.0. The normalized spacial score (nSPS) is 14.7. The molecular weight excluding hydrogens is 486 g/mol. The van der Waals surface area contributed by atoms with E-state index in [1.807, 2.05) is 6.92 Å². The second kappa shape index (κ2) is 10.5. The fraction of sp³-hybridized carbons (Fsp3) is 0.381. The van der Waals surface area contributed by atoms with Crippen molar-refractivity contribution in [1.29, 1.82) is 0 Å². The van der Waals surface area contributed by atoms with Gasteiger partial charge in [0.2, 0.25) is 0 Å². The van der Waals surface area contributed by atoms with Crippen molar-refractivity contribution in [2.24, 2.45) is 0 Å². The summed E-state index contributed by atoms with van der Waals surface area (Å²) >= 11 is 8.72. The molecule has 1 aliphatic carbocycles. The molecule has 0 unspecified atom stereocenters. The van der Waals surface area contributed by atoms with E-state index in [-0.39, 0.29) is 4.90 Å². The second-order valence-electron chi connectivity index (χ2n) is 7.14. The van der Waals surface area contributed by atoms with Gasteiger partial charge in [-0.05, 0) is 74.4 Å². The van der Waals surface area contributed by atoms with E-state index in [1.165, 1.54) is 25.3 Å². The van der Waals surface area contributed by atoms with Gasteiger partial charge >= 0.3 is 0 Å². The van der Waals surface area contributed by atoms with Crippen molar-refractivity contribution in [3.63, 3.8) is 0 Å². The summed E-state index contributed by atoms with van der Waals surface area (Å²) in [4.78, 5) is 0.0822. The van der Waals surface area contributed by atoms with Crippen LogP contribution in [0.2, 0.25) is 0 Å². The van der Waals surface area contributed by atoms with Crippen molar-refractivity contribution in [2.75, 3.05) is 16.6 Å². The van der Waals surface area contributed by atoms with Crippen molar-refractivity contribution < 1.29 is 13.2 Å². The van der Waals surface area contributed by atoms with Crippen molar-refractivity contribution >= 4 is 54.7 Å². The molecule has 9 heteroatoms. The molecule has 30 heavy (non-hydrogen) atoms. The van der Waals surface area contributed by atoms with Gasteiger partial charge in [-0.2, -0.15) is 0 Å². The first-order valence-electron chi connectivity index (χ1n) is 10.00. The lowest BCUT2D eigenvalue weighted by molar-refractivity contribution is 0.331. The van der Waals surface area contributed by atoms with E-state index in [1.54, 1.807) is 36.4 Å². The van der Waals surface area contributed by atoms with E-state index in [0.717, 1.165) is 18.5 Å². The Morgan fingerprint density at radius 1 is 1.10 bits per heavy atom. The molecule has 0 atom stereocenters. The minimum absolute atomic E-state index is 0.0822. The number of halogens is 1. The van der Waals surface area contributed by atoms with Gasteiger partial charge in [-0.15, -0.1) is 0 Å². The van der Waals surface area contributed by atoms with Crippen molar-refractivity contribution in [3.05, 3.63) is 46.9 Å². The van der Waals surface area contributed by atoms with Crippen LogP contribution in [0, 0.1) is 0 Å². The van der Waals surface area contributed by atoms with E-state index < -0.39 is 10.0 Å². The average Bonchev–Trinajstić information content (AvgIpc) is 2.71. The van der Waals surface area contributed by atoms with Crippen LogP contribution in [0.25, 0.3) is 0 Å². The van der Waals surface area contributed by atoms with Crippen LogP contribution in [-0.4, -0.2) is 26.2 Å². The first kappa shape index (κ1) is 22.8. The second-order valence-corrected chi connectivity index (χ2v) is 10.1. The molecule has 1 fully saturated rings. The minimum atomic E-state index is -3.81. The number of rotatable bonds is 7. The summed E-state index contributed by atoms with van der Waals surface area (Å²) in [6, 6.07) is 12.3. The zero-order chi connectivity index (χ0) is 21.6. The highest BCUT2D eigenvalue weighted by molar-refractivity contribution is 9.10. The summed E-state index contributed by atoms with van der Waals surface area (Å²) < 4.78 is 34.5. The van der Waals surface area contributed by atoms with Gasteiger partial charge in [0, 0.05) is 21.9 Å². The summed E-state index contributed by atoms with van der Waals surface area (Å²) in [6.45, 7) is 2.18. The number of benzene rings is 2. The molecule has 1 saturated carbocycles. The Labute approximate surface area is 192 Å². The molecule has 0 amide bonds. The molecule has 0 aromatic heterocycles. The molecule has 0 radical (unpaired) electrons. The van der Waals surface area contributed by atoms with Crippen molar-refractivity contribution in [2.45, 2.75) is 50.0 Å². The van der Waals surface area contributed by atoms with E-state index in [9.17, 15) is 8.42 Å². The molecule has 3 N–H and O–H groups in total. The smallest absolute Gasteiger partial charge is 0.265 e. The van der Waals surface area contributed by atoms with Crippen LogP contribution < -0.4 is 20.1 Å². The van der Waals surface area contributed by atoms with Gasteiger partial charge in [-0.1, -0.05) is 35.2 Å². The highest BCUT2D eigenvalue weighted by atomic mass is 79.9. The number of hydrogen-bond acceptors (Lipinski definition) is 4.